The summed E-state index contributed by atoms with van der Waals surface area (Å²) in [5.41, 5.74) is 0. The van der Waals surface area contributed by atoms with Gasteiger partial charge in [0.25, 0.3) is 0 Å². The highest BCUT2D eigenvalue weighted by atomic mass is 16.4. The van der Waals surface area contributed by atoms with E-state index in [1.54, 1.807) is 0 Å². The van der Waals surface area contributed by atoms with Gasteiger partial charge in [0, 0.05) is 0 Å². The fourth-order valence-electron chi connectivity index (χ4n) is 2.46. The first kappa shape index (κ1) is 21.8. The molecule has 3 amide bonds. The van der Waals surface area contributed by atoms with Crippen LogP contribution in [0.4, 0.5) is 0 Å². The van der Waals surface area contributed by atoms with E-state index in [1.807, 2.05) is 0 Å². The number of carbonyl (C=O) groups excluding carboxylic acids is 3. The molecular weight excluding hydrogens is 348 g/mol. The summed E-state index contributed by atoms with van der Waals surface area (Å²) in [4.78, 5) is 46.9. The standard InChI is InChI=1S/C15H26N4O7/c1-7(20)11(14(24)19-12(8(2)21)15(25)26)18-10(22)6-17-13(23)9-4-3-5-16-9/h7-9,11-12,16,20-21H,3-6H2,1-2H3,(H,17,23)(H,18,22)(H,19,24)(H,25,26). The summed E-state index contributed by atoms with van der Waals surface area (Å²) in [5.74, 6) is -3.48. The molecule has 1 aliphatic rings. The van der Waals surface area contributed by atoms with Gasteiger partial charge in [0.2, 0.25) is 17.7 Å². The van der Waals surface area contributed by atoms with Gasteiger partial charge in [0.1, 0.15) is 6.04 Å². The van der Waals surface area contributed by atoms with E-state index in [-0.39, 0.29) is 11.9 Å². The van der Waals surface area contributed by atoms with Crippen LogP contribution in [0.15, 0.2) is 0 Å². The molecule has 0 radical (unpaired) electrons. The first-order valence-corrected chi connectivity index (χ1v) is 8.33. The second kappa shape index (κ2) is 10.0. The van der Waals surface area contributed by atoms with Crippen molar-refractivity contribution in [2.45, 2.75) is 57.0 Å². The number of hydrogen-bond donors (Lipinski definition) is 7. The third-order valence-electron chi connectivity index (χ3n) is 3.93. The lowest BCUT2D eigenvalue weighted by Gasteiger charge is -2.24. The van der Waals surface area contributed by atoms with Crippen LogP contribution in [0.25, 0.3) is 0 Å². The Bertz CT molecular complexity index is 532. The molecule has 148 valence electrons. The van der Waals surface area contributed by atoms with Gasteiger partial charge in [-0.15, -0.1) is 0 Å². The highest BCUT2D eigenvalue weighted by Gasteiger charge is 2.32. The van der Waals surface area contributed by atoms with Crippen molar-refractivity contribution in [3.63, 3.8) is 0 Å². The molecule has 1 rings (SSSR count). The monoisotopic (exact) mass is 374 g/mol. The minimum absolute atomic E-state index is 0.337. The fourth-order valence-corrected chi connectivity index (χ4v) is 2.46. The van der Waals surface area contributed by atoms with Crippen LogP contribution in [0.1, 0.15) is 26.7 Å². The molecule has 0 aromatic rings. The quantitative estimate of drug-likeness (QED) is 0.219. The van der Waals surface area contributed by atoms with E-state index in [1.165, 1.54) is 13.8 Å². The third-order valence-corrected chi connectivity index (χ3v) is 3.93. The topological polar surface area (TPSA) is 177 Å². The molecular formula is C15H26N4O7. The van der Waals surface area contributed by atoms with E-state index in [4.69, 9.17) is 5.11 Å². The van der Waals surface area contributed by atoms with Crippen molar-refractivity contribution in [3.05, 3.63) is 0 Å². The summed E-state index contributed by atoms with van der Waals surface area (Å²) in [7, 11) is 0. The number of carbonyl (C=O) groups is 4. The first-order valence-electron chi connectivity index (χ1n) is 8.33. The van der Waals surface area contributed by atoms with Gasteiger partial charge in [-0.1, -0.05) is 0 Å². The second-order valence-electron chi connectivity index (χ2n) is 6.22. The van der Waals surface area contributed by atoms with Crippen LogP contribution >= 0.6 is 0 Å². The summed E-state index contributed by atoms with van der Waals surface area (Å²) >= 11 is 0. The van der Waals surface area contributed by atoms with Crippen LogP contribution < -0.4 is 21.3 Å². The maximum atomic E-state index is 12.1. The maximum Gasteiger partial charge on any atom is 0.328 e. The zero-order chi connectivity index (χ0) is 19.9. The number of amides is 3. The van der Waals surface area contributed by atoms with Gasteiger partial charge in [-0.2, -0.15) is 0 Å². The molecule has 1 saturated heterocycles. The smallest absolute Gasteiger partial charge is 0.328 e. The molecule has 26 heavy (non-hydrogen) atoms. The van der Waals surface area contributed by atoms with Crippen LogP contribution in [-0.4, -0.2) is 82.4 Å². The van der Waals surface area contributed by atoms with Crippen LogP contribution in [-0.2, 0) is 19.2 Å². The Morgan fingerprint density at radius 1 is 1.08 bits per heavy atom. The summed E-state index contributed by atoms with van der Waals surface area (Å²) < 4.78 is 0. The van der Waals surface area contributed by atoms with Crippen molar-refractivity contribution in [3.8, 4) is 0 Å². The van der Waals surface area contributed by atoms with Crippen molar-refractivity contribution in [2.75, 3.05) is 13.1 Å². The van der Waals surface area contributed by atoms with E-state index < -0.39 is 48.6 Å². The molecule has 5 unspecified atom stereocenters. The highest BCUT2D eigenvalue weighted by molar-refractivity contribution is 5.93. The van der Waals surface area contributed by atoms with Gasteiger partial charge in [0.15, 0.2) is 6.04 Å². The Balaban J connectivity index is 2.57. The molecule has 0 bridgehead atoms. The number of aliphatic hydroxyl groups is 2. The van der Waals surface area contributed by atoms with E-state index in [0.717, 1.165) is 13.0 Å². The SMILES string of the molecule is CC(O)C(NC(=O)C(NC(=O)CNC(=O)C1CCCN1)C(C)O)C(=O)O. The van der Waals surface area contributed by atoms with Crippen LogP contribution in [0.3, 0.4) is 0 Å². The van der Waals surface area contributed by atoms with Crippen molar-refractivity contribution in [1.29, 1.82) is 0 Å². The number of rotatable bonds is 9. The Labute approximate surface area is 150 Å². The van der Waals surface area contributed by atoms with E-state index in [0.29, 0.717) is 6.42 Å². The molecule has 7 N–H and O–H groups in total. The predicted molar refractivity (Wildman–Crippen MR) is 88.9 cm³/mol. The average Bonchev–Trinajstić information content (AvgIpc) is 3.08. The van der Waals surface area contributed by atoms with Gasteiger partial charge in [-0.3, -0.25) is 14.4 Å². The molecule has 11 heteroatoms. The molecule has 0 saturated carbocycles. The van der Waals surface area contributed by atoms with Crippen molar-refractivity contribution in [2.24, 2.45) is 0 Å². The zero-order valence-corrected chi connectivity index (χ0v) is 14.7. The third kappa shape index (κ3) is 6.58. The maximum absolute atomic E-state index is 12.1. The van der Waals surface area contributed by atoms with Gasteiger partial charge < -0.3 is 36.6 Å². The number of aliphatic carboxylic acids is 1. The van der Waals surface area contributed by atoms with Crippen molar-refractivity contribution in [1.82, 2.24) is 21.3 Å². The number of carboxylic acid groups (broad SMARTS) is 1. The molecule has 1 aliphatic heterocycles. The lowest BCUT2D eigenvalue weighted by Crippen LogP contribution is -2.59. The van der Waals surface area contributed by atoms with Crippen LogP contribution in [0.2, 0.25) is 0 Å². The molecule has 0 aliphatic carbocycles. The Morgan fingerprint density at radius 2 is 1.69 bits per heavy atom. The van der Waals surface area contributed by atoms with Gasteiger partial charge in [0.05, 0.1) is 24.8 Å². The van der Waals surface area contributed by atoms with E-state index in [2.05, 4.69) is 21.3 Å². The number of carboxylic acids is 1. The largest absolute Gasteiger partial charge is 0.480 e. The number of nitrogens with one attached hydrogen (secondary N) is 4. The van der Waals surface area contributed by atoms with E-state index >= 15 is 0 Å². The summed E-state index contributed by atoms with van der Waals surface area (Å²) in [6.45, 7) is 2.75. The minimum atomic E-state index is -1.59. The molecule has 0 aromatic heterocycles. The lowest BCUT2D eigenvalue weighted by atomic mass is 10.1. The first-order chi connectivity index (χ1) is 12.1. The number of aliphatic hydroxyl groups excluding tert-OH is 2. The highest BCUT2D eigenvalue weighted by Crippen LogP contribution is 2.04. The van der Waals surface area contributed by atoms with Crippen molar-refractivity contribution >= 4 is 23.7 Å². The van der Waals surface area contributed by atoms with E-state index in [9.17, 15) is 29.4 Å². The second-order valence-corrected chi connectivity index (χ2v) is 6.22. The molecule has 5 atom stereocenters. The fraction of sp³-hybridized carbons (Fsp3) is 0.733. The van der Waals surface area contributed by atoms with Gasteiger partial charge in [-0.25, -0.2) is 4.79 Å². The summed E-state index contributed by atoms with van der Waals surface area (Å²) in [5, 5.41) is 37.7. The Morgan fingerprint density at radius 3 is 2.15 bits per heavy atom. The normalized spacial score (nSPS) is 21.2. The molecule has 1 fully saturated rings. The Hall–Kier alpha value is -2.24. The molecule has 0 aromatic carbocycles. The lowest BCUT2D eigenvalue weighted by molar-refractivity contribution is -0.145. The Kier molecular flexibility index (Phi) is 8.42. The number of hydrogen-bond acceptors (Lipinski definition) is 7. The van der Waals surface area contributed by atoms with Gasteiger partial charge in [-0.05, 0) is 33.2 Å². The van der Waals surface area contributed by atoms with Gasteiger partial charge >= 0.3 is 5.97 Å². The van der Waals surface area contributed by atoms with Crippen molar-refractivity contribution < 1.29 is 34.5 Å². The molecule has 11 nitrogen and oxygen atoms in total. The average molecular weight is 374 g/mol. The summed E-state index contributed by atoms with van der Waals surface area (Å²) in [6.07, 6.45) is -1.17. The van der Waals surface area contributed by atoms with Crippen LogP contribution in [0.5, 0.6) is 0 Å². The minimum Gasteiger partial charge on any atom is -0.480 e. The summed E-state index contributed by atoms with van der Waals surface area (Å²) in [6, 6.07) is -3.39. The zero-order valence-electron chi connectivity index (χ0n) is 14.7. The molecule has 1 heterocycles. The van der Waals surface area contributed by atoms with Crippen LogP contribution in [0, 0.1) is 0 Å². The predicted octanol–water partition coefficient (Wildman–Crippen LogP) is -3.33. The molecule has 0 spiro atoms.